The van der Waals surface area contributed by atoms with Crippen LogP contribution in [-0.2, 0) is 0 Å². The molecular weight excluding hydrogens is 242 g/mol. The summed E-state index contributed by atoms with van der Waals surface area (Å²) in [6.07, 6.45) is 4.88. The monoisotopic (exact) mass is 263 g/mol. The molecule has 0 spiro atoms. The van der Waals surface area contributed by atoms with E-state index >= 15 is 0 Å². The van der Waals surface area contributed by atoms with Gasteiger partial charge in [-0.3, -0.25) is 0 Å². The van der Waals surface area contributed by atoms with Crippen molar-refractivity contribution in [3.8, 4) is 5.75 Å². The van der Waals surface area contributed by atoms with Gasteiger partial charge in [0.15, 0.2) is 0 Å². The molecule has 0 heterocycles. The molecule has 0 aliphatic carbocycles. The van der Waals surface area contributed by atoms with Crippen molar-refractivity contribution in [1.29, 1.82) is 0 Å². The van der Waals surface area contributed by atoms with Crippen LogP contribution in [0.2, 0.25) is 0 Å². The van der Waals surface area contributed by atoms with E-state index in [1.165, 1.54) is 6.21 Å². The second-order valence-electron chi connectivity index (χ2n) is 4.33. The molecule has 19 heavy (non-hydrogen) atoms. The van der Waals surface area contributed by atoms with Crippen LogP contribution >= 0.6 is 0 Å². The average molecular weight is 263 g/mol. The fourth-order valence-electron chi connectivity index (χ4n) is 1.60. The van der Waals surface area contributed by atoms with Gasteiger partial charge >= 0.3 is 6.03 Å². The lowest BCUT2D eigenvalue weighted by atomic mass is 10.1. The van der Waals surface area contributed by atoms with Crippen molar-refractivity contribution in [3.05, 3.63) is 29.3 Å². The van der Waals surface area contributed by atoms with E-state index in [0.29, 0.717) is 6.61 Å². The minimum absolute atomic E-state index is 0.682. The van der Waals surface area contributed by atoms with Gasteiger partial charge in [0.05, 0.1) is 12.8 Å². The van der Waals surface area contributed by atoms with Crippen LogP contribution in [-0.4, -0.2) is 18.9 Å². The SMILES string of the molecule is CCCCCOc1ccc(C)cc1C=NNC(N)=O. The predicted molar refractivity (Wildman–Crippen MR) is 76.5 cm³/mol. The maximum Gasteiger partial charge on any atom is 0.332 e. The van der Waals surface area contributed by atoms with Gasteiger partial charge in [-0.2, -0.15) is 5.10 Å². The summed E-state index contributed by atoms with van der Waals surface area (Å²) >= 11 is 0. The Hall–Kier alpha value is -2.04. The molecule has 0 unspecified atom stereocenters. The maximum absolute atomic E-state index is 10.6. The highest BCUT2D eigenvalue weighted by Crippen LogP contribution is 2.18. The highest BCUT2D eigenvalue weighted by molar-refractivity contribution is 5.85. The molecule has 104 valence electrons. The number of primary amides is 1. The molecule has 1 aromatic rings. The number of ether oxygens (including phenoxy) is 1. The first-order valence-corrected chi connectivity index (χ1v) is 6.45. The first kappa shape index (κ1) is 15.0. The van der Waals surface area contributed by atoms with Crippen LogP contribution < -0.4 is 15.9 Å². The van der Waals surface area contributed by atoms with Crippen LogP contribution in [0.25, 0.3) is 0 Å². The molecule has 1 aromatic carbocycles. The van der Waals surface area contributed by atoms with Crippen molar-refractivity contribution in [2.75, 3.05) is 6.61 Å². The van der Waals surface area contributed by atoms with Crippen LogP contribution in [0.3, 0.4) is 0 Å². The summed E-state index contributed by atoms with van der Waals surface area (Å²) < 4.78 is 5.72. The third-order valence-corrected chi connectivity index (χ3v) is 2.55. The lowest BCUT2D eigenvalue weighted by Crippen LogP contribution is -2.24. The number of urea groups is 1. The van der Waals surface area contributed by atoms with Gasteiger partial charge in [-0.1, -0.05) is 31.4 Å². The fraction of sp³-hybridized carbons (Fsp3) is 0.429. The van der Waals surface area contributed by atoms with Crippen molar-refractivity contribution >= 4 is 12.2 Å². The largest absolute Gasteiger partial charge is 0.493 e. The molecule has 0 saturated heterocycles. The van der Waals surface area contributed by atoms with Crippen molar-refractivity contribution in [1.82, 2.24) is 5.43 Å². The minimum atomic E-state index is -0.686. The number of amides is 2. The standard InChI is InChI=1S/C14H21N3O2/c1-3-4-5-8-19-13-7-6-11(2)9-12(13)10-16-17-14(15)18/h6-7,9-10H,3-5,8H2,1-2H3,(H3,15,17,18). The van der Waals surface area contributed by atoms with Crippen LogP contribution in [0, 0.1) is 6.92 Å². The molecule has 0 bridgehead atoms. The molecule has 0 fully saturated rings. The maximum atomic E-state index is 10.6. The van der Waals surface area contributed by atoms with Crippen LogP contribution in [0.1, 0.15) is 37.3 Å². The zero-order valence-corrected chi connectivity index (χ0v) is 11.5. The second-order valence-corrected chi connectivity index (χ2v) is 4.33. The van der Waals surface area contributed by atoms with Crippen molar-refractivity contribution in [3.63, 3.8) is 0 Å². The molecule has 0 aromatic heterocycles. The molecular formula is C14H21N3O2. The third-order valence-electron chi connectivity index (χ3n) is 2.55. The van der Waals surface area contributed by atoms with E-state index in [2.05, 4.69) is 17.5 Å². The van der Waals surface area contributed by atoms with E-state index in [9.17, 15) is 4.79 Å². The van der Waals surface area contributed by atoms with Crippen molar-refractivity contribution < 1.29 is 9.53 Å². The summed E-state index contributed by atoms with van der Waals surface area (Å²) in [4.78, 5) is 10.6. The minimum Gasteiger partial charge on any atom is -0.493 e. The van der Waals surface area contributed by atoms with Gasteiger partial charge in [-0.25, -0.2) is 10.2 Å². The average Bonchev–Trinajstić information content (AvgIpc) is 2.36. The Morgan fingerprint density at radius 2 is 2.26 bits per heavy atom. The molecule has 1 rings (SSSR count). The Balaban J connectivity index is 2.68. The van der Waals surface area contributed by atoms with Gasteiger partial charge in [0.25, 0.3) is 0 Å². The second kappa shape index (κ2) is 8.13. The number of nitrogens with zero attached hydrogens (tertiary/aromatic N) is 1. The van der Waals surface area contributed by atoms with Gasteiger partial charge < -0.3 is 10.5 Å². The van der Waals surface area contributed by atoms with Crippen molar-refractivity contribution in [2.24, 2.45) is 10.8 Å². The Kier molecular flexibility index (Phi) is 6.43. The molecule has 0 radical (unpaired) electrons. The molecule has 0 aliphatic heterocycles. The number of benzene rings is 1. The van der Waals surface area contributed by atoms with Crippen molar-refractivity contribution in [2.45, 2.75) is 33.1 Å². The van der Waals surface area contributed by atoms with Gasteiger partial charge in [0.2, 0.25) is 0 Å². The Morgan fingerprint density at radius 3 is 2.95 bits per heavy atom. The molecule has 3 N–H and O–H groups in total. The number of aryl methyl sites for hydroxylation is 1. The zero-order valence-electron chi connectivity index (χ0n) is 11.5. The number of hydrogen-bond acceptors (Lipinski definition) is 3. The topological polar surface area (TPSA) is 76.7 Å². The number of carbonyl (C=O) groups excluding carboxylic acids is 1. The number of nitrogens with one attached hydrogen (secondary N) is 1. The highest BCUT2D eigenvalue weighted by Gasteiger charge is 2.02. The first-order valence-electron chi connectivity index (χ1n) is 6.45. The van der Waals surface area contributed by atoms with Crippen LogP contribution in [0.5, 0.6) is 5.75 Å². The smallest absolute Gasteiger partial charge is 0.332 e. The molecule has 0 aliphatic rings. The number of carbonyl (C=O) groups is 1. The third kappa shape index (κ3) is 5.90. The zero-order chi connectivity index (χ0) is 14.1. The summed E-state index contributed by atoms with van der Waals surface area (Å²) in [6.45, 7) is 4.82. The normalized spacial score (nSPS) is 10.6. The number of nitrogens with two attached hydrogens (primary N) is 1. The lowest BCUT2D eigenvalue weighted by Gasteiger charge is -2.09. The lowest BCUT2D eigenvalue weighted by molar-refractivity contribution is 0.249. The Bertz CT molecular complexity index is 444. The molecule has 0 atom stereocenters. The molecule has 5 nitrogen and oxygen atoms in total. The Labute approximate surface area is 113 Å². The number of rotatable bonds is 7. The number of hydrogen-bond donors (Lipinski definition) is 2. The molecule has 0 saturated carbocycles. The predicted octanol–water partition coefficient (Wildman–Crippen LogP) is 2.57. The summed E-state index contributed by atoms with van der Waals surface area (Å²) in [5.74, 6) is 0.761. The molecule has 5 heteroatoms. The Morgan fingerprint density at radius 1 is 1.47 bits per heavy atom. The fourth-order valence-corrected chi connectivity index (χ4v) is 1.60. The van der Waals surface area contributed by atoms with Crippen LogP contribution in [0.15, 0.2) is 23.3 Å². The summed E-state index contributed by atoms with van der Waals surface area (Å²) in [6, 6.07) is 5.15. The van der Waals surface area contributed by atoms with E-state index in [4.69, 9.17) is 10.5 Å². The van der Waals surface area contributed by atoms with E-state index in [1.807, 2.05) is 25.1 Å². The summed E-state index contributed by atoms with van der Waals surface area (Å²) in [5.41, 5.74) is 9.04. The van der Waals surface area contributed by atoms with Crippen LogP contribution in [0.4, 0.5) is 4.79 Å². The van der Waals surface area contributed by atoms with E-state index in [1.54, 1.807) is 0 Å². The summed E-state index contributed by atoms with van der Waals surface area (Å²) in [7, 11) is 0. The van der Waals surface area contributed by atoms with E-state index < -0.39 is 6.03 Å². The highest BCUT2D eigenvalue weighted by atomic mass is 16.5. The summed E-state index contributed by atoms with van der Waals surface area (Å²) in [5, 5.41) is 3.76. The molecule has 2 amide bonds. The van der Waals surface area contributed by atoms with Gasteiger partial charge in [0.1, 0.15) is 5.75 Å². The number of hydrazone groups is 1. The quantitative estimate of drug-likeness (QED) is 0.450. The van der Waals surface area contributed by atoms with Gasteiger partial charge in [-0.05, 0) is 25.5 Å². The first-order chi connectivity index (χ1) is 9.13. The number of unbranched alkanes of at least 4 members (excludes halogenated alkanes) is 2. The van der Waals surface area contributed by atoms with Gasteiger partial charge in [-0.15, -0.1) is 0 Å². The van der Waals surface area contributed by atoms with E-state index in [0.717, 1.165) is 36.1 Å². The van der Waals surface area contributed by atoms with Gasteiger partial charge in [0, 0.05) is 5.56 Å². The van der Waals surface area contributed by atoms with E-state index in [-0.39, 0.29) is 0 Å².